The fraction of sp³-hybridized carbons (Fsp3) is 0.667. The summed E-state index contributed by atoms with van der Waals surface area (Å²) >= 11 is 0. The van der Waals surface area contributed by atoms with E-state index in [1.54, 1.807) is 0 Å². The Labute approximate surface area is 114 Å². The lowest BCUT2D eigenvalue weighted by Crippen LogP contribution is -2.63. The standard InChI is InChI=1S/C15H22N4/c1-2-11(1)17-9-12-3-4-13(10-18-12)19-8-7-16-14-5-6-15(14)19/h3-4,10-11,14-17H,1-2,5-9H2/t14-,15+/m1/s1. The Kier molecular flexibility index (Phi) is 2.93. The number of pyridine rings is 1. The molecule has 1 aromatic heterocycles. The molecule has 0 radical (unpaired) electrons. The van der Waals surface area contributed by atoms with Crippen molar-refractivity contribution in [3.05, 3.63) is 24.0 Å². The van der Waals surface area contributed by atoms with Crippen LogP contribution < -0.4 is 15.5 Å². The average Bonchev–Trinajstić information content (AvgIpc) is 3.22. The first-order chi connectivity index (χ1) is 9.40. The van der Waals surface area contributed by atoms with Crippen LogP contribution in [0.25, 0.3) is 0 Å². The number of aromatic nitrogens is 1. The van der Waals surface area contributed by atoms with Crippen LogP contribution in [0.1, 0.15) is 31.4 Å². The third kappa shape index (κ3) is 2.35. The summed E-state index contributed by atoms with van der Waals surface area (Å²) in [5.74, 6) is 0. The Morgan fingerprint density at radius 2 is 2.21 bits per heavy atom. The maximum Gasteiger partial charge on any atom is 0.0556 e. The van der Waals surface area contributed by atoms with Crippen LogP contribution in [-0.4, -0.2) is 36.2 Å². The molecular formula is C15H22N4. The zero-order valence-corrected chi connectivity index (χ0v) is 11.3. The molecule has 19 heavy (non-hydrogen) atoms. The van der Waals surface area contributed by atoms with Crippen molar-refractivity contribution in [3.63, 3.8) is 0 Å². The molecule has 2 heterocycles. The molecule has 4 nitrogen and oxygen atoms in total. The summed E-state index contributed by atoms with van der Waals surface area (Å²) in [6, 6.07) is 6.60. The zero-order chi connectivity index (χ0) is 12.7. The highest BCUT2D eigenvalue weighted by atomic mass is 15.3. The lowest BCUT2D eigenvalue weighted by molar-refractivity contribution is 0.240. The van der Waals surface area contributed by atoms with Crippen LogP contribution >= 0.6 is 0 Å². The monoisotopic (exact) mass is 258 g/mol. The van der Waals surface area contributed by atoms with Gasteiger partial charge in [0.15, 0.2) is 0 Å². The Bertz CT molecular complexity index is 440. The van der Waals surface area contributed by atoms with E-state index >= 15 is 0 Å². The summed E-state index contributed by atoms with van der Waals surface area (Å²) in [6.07, 6.45) is 7.38. The SMILES string of the molecule is c1cc(CNC2CC2)ncc1N1CCN[C@@H]2CC[C@@H]21. The highest BCUT2D eigenvalue weighted by Gasteiger charge is 2.38. The van der Waals surface area contributed by atoms with E-state index < -0.39 is 0 Å². The lowest BCUT2D eigenvalue weighted by Gasteiger charge is -2.49. The molecular weight excluding hydrogens is 236 g/mol. The van der Waals surface area contributed by atoms with Gasteiger partial charge in [-0.3, -0.25) is 4.98 Å². The Morgan fingerprint density at radius 1 is 1.26 bits per heavy atom. The Balaban J connectivity index is 1.42. The van der Waals surface area contributed by atoms with Crippen LogP contribution in [0.3, 0.4) is 0 Å². The molecule has 1 saturated heterocycles. The summed E-state index contributed by atoms with van der Waals surface area (Å²) in [7, 11) is 0. The molecule has 0 amide bonds. The largest absolute Gasteiger partial charge is 0.364 e. The van der Waals surface area contributed by atoms with E-state index in [4.69, 9.17) is 0 Å². The molecule has 1 aliphatic heterocycles. The lowest BCUT2D eigenvalue weighted by atomic mass is 9.83. The van der Waals surface area contributed by atoms with Crippen molar-refractivity contribution in [2.24, 2.45) is 0 Å². The summed E-state index contributed by atoms with van der Waals surface area (Å²) in [5, 5.41) is 7.11. The van der Waals surface area contributed by atoms with Gasteiger partial charge < -0.3 is 15.5 Å². The predicted molar refractivity (Wildman–Crippen MR) is 76.3 cm³/mol. The fourth-order valence-electron chi connectivity index (χ4n) is 3.18. The van der Waals surface area contributed by atoms with Crippen molar-refractivity contribution >= 4 is 5.69 Å². The summed E-state index contributed by atoms with van der Waals surface area (Å²) in [4.78, 5) is 7.15. The second-order valence-electron chi connectivity index (χ2n) is 6.06. The van der Waals surface area contributed by atoms with Crippen LogP contribution in [0.4, 0.5) is 5.69 Å². The third-order valence-electron chi connectivity index (χ3n) is 4.69. The number of hydrogen-bond donors (Lipinski definition) is 2. The first-order valence-corrected chi connectivity index (χ1v) is 7.58. The second-order valence-corrected chi connectivity index (χ2v) is 6.06. The zero-order valence-electron chi connectivity index (χ0n) is 11.3. The van der Waals surface area contributed by atoms with Crippen LogP contribution in [0.15, 0.2) is 18.3 Å². The molecule has 0 spiro atoms. The molecule has 2 aliphatic carbocycles. The molecule has 0 bridgehead atoms. The summed E-state index contributed by atoms with van der Waals surface area (Å²) in [6.45, 7) is 3.13. The number of nitrogens with zero attached hydrogens (tertiary/aromatic N) is 2. The quantitative estimate of drug-likeness (QED) is 0.853. The second kappa shape index (κ2) is 4.76. The van der Waals surface area contributed by atoms with Gasteiger partial charge in [0.25, 0.3) is 0 Å². The molecule has 0 aromatic carbocycles. The van der Waals surface area contributed by atoms with Gasteiger partial charge in [-0.2, -0.15) is 0 Å². The van der Waals surface area contributed by atoms with E-state index in [-0.39, 0.29) is 0 Å². The van der Waals surface area contributed by atoms with E-state index in [0.717, 1.165) is 31.4 Å². The highest BCUT2D eigenvalue weighted by molar-refractivity contribution is 5.47. The van der Waals surface area contributed by atoms with Crippen LogP contribution in [0, 0.1) is 0 Å². The molecule has 2 N–H and O–H groups in total. The average molecular weight is 258 g/mol. The van der Waals surface area contributed by atoms with E-state index in [1.165, 1.54) is 31.4 Å². The predicted octanol–water partition coefficient (Wildman–Crippen LogP) is 1.27. The minimum atomic E-state index is 0.700. The molecule has 3 aliphatic rings. The number of fused-ring (bicyclic) bond motifs is 1. The van der Waals surface area contributed by atoms with Gasteiger partial charge in [-0.15, -0.1) is 0 Å². The molecule has 2 atom stereocenters. The van der Waals surface area contributed by atoms with E-state index in [1.807, 2.05) is 0 Å². The molecule has 1 aromatic rings. The molecule has 4 heteroatoms. The Hall–Kier alpha value is -1.13. The van der Waals surface area contributed by atoms with E-state index in [0.29, 0.717) is 12.1 Å². The number of anilines is 1. The number of hydrogen-bond acceptors (Lipinski definition) is 4. The maximum absolute atomic E-state index is 4.61. The van der Waals surface area contributed by atoms with Gasteiger partial charge in [-0.25, -0.2) is 0 Å². The first kappa shape index (κ1) is 11.7. The van der Waals surface area contributed by atoms with Crippen molar-refractivity contribution in [3.8, 4) is 0 Å². The van der Waals surface area contributed by atoms with Gasteiger partial charge in [0.2, 0.25) is 0 Å². The van der Waals surface area contributed by atoms with Crippen LogP contribution in [0.5, 0.6) is 0 Å². The molecule has 102 valence electrons. The van der Waals surface area contributed by atoms with Gasteiger partial charge in [-0.05, 0) is 37.8 Å². The van der Waals surface area contributed by atoms with Crippen molar-refractivity contribution in [2.75, 3.05) is 18.0 Å². The van der Waals surface area contributed by atoms with Gasteiger partial charge in [0, 0.05) is 37.8 Å². The normalized spacial score (nSPS) is 29.8. The summed E-state index contributed by atoms with van der Waals surface area (Å²) in [5.41, 5.74) is 2.46. The number of nitrogens with one attached hydrogen (secondary N) is 2. The topological polar surface area (TPSA) is 40.2 Å². The minimum absolute atomic E-state index is 0.700. The van der Waals surface area contributed by atoms with Gasteiger partial charge in [0.1, 0.15) is 0 Å². The van der Waals surface area contributed by atoms with Crippen molar-refractivity contribution in [1.29, 1.82) is 0 Å². The number of piperazine rings is 1. The minimum Gasteiger partial charge on any atom is -0.364 e. The highest BCUT2D eigenvalue weighted by Crippen LogP contribution is 2.31. The summed E-state index contributed by atoms with van der Waals surface area (Å²) < 4.78 is 0. The molecule has 0 unspecified atom stereocenters. The fourth-order valence-corrected chi connectivity index (χ4v) is 3.18. The van der Waals surface area contributed by atoms with Gasteiger partial charge in [-0.1, -0.05) is 0 Å². The number of rotatable bonds is 4. The molecule has 2 saturated carbocycles. The maximum atomic E-state index is 4.61. The van der Waals surface area contributed by atoms with Crippen LogP contribution in [-0.2, 0) is 6.54 Å². The van der Waals surface area contributed by atoms with Crippen molar-refractivity contribution in [2.45, 2.75) is 50.4 Å². The van der Waals surface area contributed by atoms with E-state index in [9.17, 15) is 0 Å². The smallest absolute Gasteiger partial charge is 0.0556 e. The molecule has 4 rings (SSSR count). The molecule has 3 fully saturated rings. The Morgan fingerprint density at radius 3 is 2.89 bits per heavy atom. The third-order valence-corrected chi connectivity index (χ3v) is 4.69. The van der Waals surface area contributed by atoms with Gasteiger partial charge in [0.05, 0.1) is 17.6 Å². The first-order valence-electron chi connectivity index (χ1n) is 7.58. The van der Waals surface area contributed by atoms with Crippen molar-refractivity contribution < 1.29 is 0 Å². The van der Waals surface area contributed by atoms with E-state index in [2.05, 4.69) is 38.8 Å². The van der Waals surface area contributed by atoms with Gasteiger partial charge >= 0.3 is 0 Å². The van der Waals surface area contributed by atoms with Crippen LogP contribution in [0.2, 0.25) is 0 Å². The van der Waals surface area contributed by atoms with Crippen molar-refractivity contribution in [1.82, 2.24) is 15.6 Å².